The molecule has 0 amide bonds. The van der Waals surface area contributed by atoms with Crippen LogP contribution in [0.4, 0.5) is 0 Å². The first kappa shape index (κ1) is 16.0. The predicted octanol–water partition coefficient (Wildman–Crippen LogP) is 2.16. The van der Waals surface area contributed by atoms with Crippen molar-refractivity contribution in [3.63, 3.8) is 0 Å². The first-order valence-corrected chi connectivity index (χ1v) is 8.24. The molecule has 2 aromatic rings. The molecule has 6 heteroatoms. The lowest BCUT2D eigenvalue weighted by atomic mass is 10.2. The molecule has 1 aromatic carbocycles. The summed E-state index contributed by atoms with van der Waals surface area (Å²) in [6.07, 6.45) is 3.46. The normalized spacial score (nSPS) is 12.5. The Labute approximate surface area is 130 Å². The van der Waals surface area contributed by atoms with E-state index in [1.54, 1.807) is 6.33 Å². The van der Waals surface area contributed by atoms with Crippen molar-refractivity contribution in [3.05, 3.63) is 42.0 Å². The number of rotatable bonds is 8. The van der Waals surface area contributed by atoms with E-state index in [0.29, 0.717) is 0 Å². The molecule has 1 unspecified atom stereocenters. The summed E-state index contributed by atoms with van der Waals surface area (Å²) in [6, 6.07) is 8.58. The van der Waals surface area contributed by atoms with Crippen molar-refractivity contribution >= 4 is 11.8 Å². The Morgan fingerprint density at radius 2 is 2.19 bits per heavy atom. The van der Waals surface area contributed by atoms with E-state index in [9.17, 15) is 0 Å². The van der Waals surface area contributed by atoms with E-state index in [1.807, 2.05) is 16.4 Å². The van der Waals surface area contributed by atoms with Gasteiger partial charge in [0, 0.05) is 29.7 Å². The van der Waals surface area contributed by atoms with Crippen molar-refractivity contribution in [2.75, 3.05) is 5.75 Å². The lowest BCUT2D eigenvalue weighted by Crippen LogP contribution is -2.39. The Bertz CT molecular complexity index is 555. The minimum atomic E-state index is 0.175. The number of hydrogen-bond donors (Lipinski definition) is 2. The van der Waals surface area contributed by atoms with Crippen molar-refractivity contribution < 1.29 is 0 Å². The van der Waals surface area contributed by atoms with Gasteiger partial charge in [-0.15, -0.1) is 11.8 Å². The summed E-state index contributed by atoms with van der Waals surface area (Å²) >= 11 is 1.82. The summed E-state index contributed by atoms with van der Waals surface area (Å²) in [7, 11) is 0. The molecule has 0 aliphatic heterocycles. The third-order valence-corrected chi connectivity index (χ3v) is 4.67. The van der Waals surface area contributed by atoms with Crippen LogP contribution in [-0.4, -0.2) is 26.6 Å². The molecule has 1 aromatic heterocycles. The highest BCUT2D eigenvalue weighted by Gasteiger charge is 2.13. The summed E-state index contributed by atoms with van der Waals surface area (Å²) in [5.41, 5.74) is 4.20. The van der Waals surface area contributed by atoms with Crippen LogP contribution >= 0.6 is 11.8 Å². The highest BCUT2D eigenvalue weighted by molar-refractivity contribution is 7.99. The Morgan fingerprint density at radius 3 is 2.90 bits per heavy atom. The molecule has 0 saturated heterocycles. The Morgan fingerprint density at radius 1 is 1.38 bits per heavy atom. The molecule has 0 fully saturated rings. The first-order valence-electron chi connectivity index (χ1n) is 7.25. The van der Waals surface area contributed by atoms with Gasteiger partial charge in [0.25, 0.3) is 0 Å². The fraction of sp³-hybridized carbons (Fsp3) is 0.467. The maximum absolute atomic E-state index is 5.69. The number of aromatic nitrogens is 3. The molecule has 0 aliphatic rings. The smallest absolute Gasteiger partial charge is 0.138 e. The second-order valence-electron chi connectivity index (χ2n) is 5.04. The minimum absolute atomic E-state index is 0.175. The Kier molecular flexibility index (Phi) is 6.22. The van der Waals surface area contributed by atoms with Crippen molar-refractivity contribution in [2.45, 2.75) is 44.2 Å². The van der Waals surface area contributed by atoms with Gasteiger partial charge in [0.2, 0.25) is 0 Å². The minimum Gasteiger partial charge on any atom is -0.271 e. The Balaban J connectivity index is 1.94. The molecule has 2 rings (SSSR count). The monoisotopic (exact) mass is 305 g/mol. The maximum Gasteiger partial charge on any atom is 0.138 e. The highest BCUT2D eigenvalue weighted by atomic mass is 32.2. The standard InChI is InChI=1S/C15H23N5S/c1-3-8-20-15(17-11-18-20)9-13(19-16)10-21-14-7-5-4-6-12(14)2/h4-7,11,13,19H,3,8-10,16H2,1-2H3. The lowest BCUT2D eigenvalue weighted by Gasteiger charge is -2.16. The SMILES string of the molecule is CCCn1ncnc1CC(CSc1ccccc1C)NN. The molecule has 114 valence electrons. The van der Waals surface area contributed by atoms with Gasteiger partial charge in [-0.05, 0) is 25.0 Å². The van der Waals surface area contributed by atoms with Gasteiger partial charge in [-0.2, -0.15) is 5.10 Å². The zero-order chi connectivity index (χ0) is 15.1. The van der Waals surface area contributed by atoms with E-state index in [0.717, 1.165) is 31.0 Å². The number of benzene rings is 1. The number of hydrazine groups is 1. The average Bonchev–Trinajstić information content (AvgIpc) is 2.92. The number of aryl methyl sites for hydroxylation is 2. The molecule has 0 spiro atoms. The highest BCUT2D eigenvalue weighted by Crippen LogP contribution is 2.22. The van der Waals surface area contributed by atoms with Gasteiger partial charge >= 0.3 is 0 Å². The summed E-state index contributed by atoms with van der Waals surface area (Å²) in [6.45, 7) is 5.17. The third kappa shape index (κ3) is 4.56. The van der Waals surface area contributed by atoms with E-state index < -0.39 is 0 Å². The lowest BCUT2D eigenvalue weighted by molar-refractivity contribution is 0.513. The molecule has 21 heavy (non-hydrogen) atoms. The largest absolute Gasteiger partial charge is 0.271 e. The summed E-state index contributed by atoms with van der Waals surface area (Å²) in [4.78, 5) is 5.64. The third-order valence-electron chi connectivity index (χ3n) is 3.33. The molecule has 0 saturated carbocycles. The number of nitrogens with two attached hydrogens (primary N) is 1. The maximum atomic E-state index is 5.69. The molecule has 5 nitrogen and oxygen atoms in total. The fourth-order valence-corrected chi connectivity index (χ4v) is 3.21. The quantitative estimate of drug-likeness (QED) is 0.444. The van der Waals surface area contributed by atoms with E-state index in [1.165, 1.54) is 10.5 Å². The van der Waals surface area contributed by atoms with Crippen LogP contribution in [0.2, 0.25) is 0 Å². The van der Waals surface area contributed by atoms with Crippen LogP contribution in [0.5, 0.6) is 0 Å². The van der Waals surface area contributed by atoms with E-state index in [-0.39, 0.29) is 6.04 Å². The van der Waals surface area contributed by atoms with Gasteiger partial charge in [-0.25, -0.2) is 4.98 Å². The van der Waals surface area contributed by atoms with Crippen LogP contribution in [0.3, 0.4) is 0 Å². The summed E-state index contributed by atoms with van der Waals surface area (Å²) < 4.78 is 1.96. The molecule has 3 N–H and O–H groups in total. The van der Waals surface area contributed by atoms with Gasteiger partial charge in [0.1, 0.15) is 12.2 Å². The number of nitrogens with zero attached hydrogens (tertiary/aromatic N) is 3. The van der Waals surface area contributed by atoms with Crippen molar-refractivity contribution in [3.8, 4) is 0 Å². The van der Waals surface area contributed by atoms with Crippen LogP contribution in [0.15, 0.2) is 35.5 Å². The molecular weight excluding hydrogens is 282 g/mol. The van der Waals surface area contributed by atoms with Gasteiger partial charge in [-0.1, -0.05) is 25.1 Å². The van der Waals surface area contributed by atoms with Crippen molar-refractivity contribution in [2.24, 2.45) is 5.84 Å². The van der Waals surface area contributed by atoms with Gasteiger partial charge in [0.15, 0.2) is 0 Å². The van der Waals surface area contributed by atoms with Crippen LogP contribution in [0, 0.1) is 6.92 Å². The second kappa shape index (κ2) is 8.17. The zero-order valence-corrected chi connectivity index (χ0v) is 13.4. The summed E-state index contributed by atoms with van der Waals surface area (Å²) in [5.74, 6) is 7.59. The molecule has 1 atom stereocenters. The first-order chi connectivity index (χ1) is 10.2. The fourth-order valence-electron chi connectivity index (χ4n) is 2.14. The van der Waals surface area contributed by atoms with Crippen LogP contribution in [0.25, 0.3) is 0 Å². The second-order valence-corrected chi connectivity index (χ2v) is 6.11. The zero-order valence-electron chi connectivity index (χ0n) is 12.6. The van der Waals surface area contributed by atoms with E-state index in [2.05, 4.69) is 53.6 Å². The molecule has 0 radical (unpaired) electrons. The van der Waals surface area contributed by atoms with Crippen molar-refractivity contribution in [1.82, 2.24) is 20.2 Å². The van der Waals surface area contributed by atoms with Gasteiger partial charge in [-0.3, -0.25) is 16.0 Å². The van der Waals surface area contributed by atoms with Gasteiger partial charge < -0.3 is 0 Å². The van der Waals surface area contributed by atoms with Crippen LogP contribution < -0.4 is 11.3 Å². The molecular formula is C15H23N5S. The van der Waals surface area contributed by atoms with E-state index in [4.69, 9.17) is 5.84 Å². The molecule has 0 aliphatic carbocycles. The van der Waals surface area contributed by atoms with Gasteiger partial charge in [0.05, 0.1) is 0 Å². The topological polar surface area (TPSA) is 68.8 Å². The molecule has 0 bridgehead atoms. The van der Waals surface area contributed by atoms with Crippen LogP contribution in [0.1, 0.15) is 24.7 Å². The van der Waals surface area contributed by atoms with E-state index >= 15 is 0 Å². The average molecular weight is 305 g/mol. The number of thioether (sulfide) groups is 1. The molecule has 1 heterocycles. The number of hydrogen-bond acceptors (Lipinski definition) is 5. The number of nitrogens with one attached hydrogen (secondary N) is 1. The Hall–Kier alpha value is -1.37. The van der Waals surface area contributed by atoms with Crippen LogP contribution in [-0.2, 0) is 13.0 Å². The predicted molar refractivity (Wildman–Crippen MR) is 87.0 cm³/mol. The van der Waals surface area contributed by atoms with Crippen molar-refractivity contribution in [1.29, 1.82) is 0 Å². The summed E-state index contributed by atoms with van der Waals surface area (Å²) in [5, 5.41) is 4.26.